The van der Waals surface area contributed by atoms with E-state index in [2.05, 4.69) is 6.92 Å². The maximum atomic E-state index is 12.1. The van der Waals surface area contributed by atoms with Gasteiger partial charge in [0.25, 0.3) is 0 Å². The SMILES string of the molecule is CCc1ccc(C(=O)c2cscc2C)s1. The molecule has 0 unspecified atom stereocenters. The summed E-state index contributed by atoms with van der Waals surface area (Å²) in [5, 5.41) is 3.95. The molecule has 0 aliphatic rings. The first-order valence-electron chi connectivity index (χ1n) is 4.88. The smallest absolute Gasteiger partial charge is 0.204 e. The number of hydrogen-bond acceptors (Lipinski definition) is 3. The summed E-state index contributed by atoms with van der Waals surface area (Å²) in [7, 11) is 0. The molecule has 0 aliphatic heterocycles. The number of carbonyl (C=O) groups is 1. The van der Waals surface area contributed by atoms with Crippen LogP contribution < -0.4 is 0 Å². The van der Waals surface area contributed by atoms with Gasteiger partial charge in [0.05, 0.1) is 4.88 Å². The van der Waals surface area contributed by atoms with Crippen molar-refractivity contribution < 1.29 is 4.79 Å². The molecule has 0 atom stereocenters. The van der Waals surface area contributed by atoms with Gasteiger partial charge in [-0.15, -0.1) is 11.3 Å². The third-order valence-corrected chi connectivity index (χ3v) is 4.42. The van der Waals surface area contributed by atoms with Gasteiger partial charge in [-0.25, -0.2) is 0 Å². The standard InChI is InChI=1S/C12H12OS2/c1-3-9-4-5-11(15-9)12(13)10-7-14-6-8(10)2/h4-7H,3H2,1-2H3. The monoisotopic (exact) mass is 236 g/mol. The molecule has 0 fully saturated rings. The third-order valence-electron chi connectivity index (χ3n) is 2.33. The highest BCUT2D eigenvalue weighted by molar-refractivity contribution is 7.14. The summed E-state index contributed by atoms with van der Waals surface area (Å²) in [4.78, 5) is 14.2. The Kier molecular flexibility index (Phi) is 3.03. The molecule has 0 N–H and O–H groups in total. The second-order valence-corrected chi connectivity index (χ2v) is 5.33. The molecule has 2 heterocycles. The number of thiophene rings is 2. The quantitative estimate of drug-likeness (QED) is 0.738. The molecule has 0 saturated heterocycles. The Morgan fingerprint density at radius 2 is 2.13 bits per heavy atom. The maximum absolute atomic E-state index is 12.1. The average molecular weight is 236 g/mol. The van der Waals surface area contributed by atoms with Crippen molar-refractivity contribution in [3.05, 3.63) is 43.8 Å². The summed E-state index contributed by atoms with van der Waals surface area (Å²) in [6, 6.07) is 3.97. The highest BCUT2D eigenvalue weighted by atomic mass is 32.1. The van der Waals surface area contributed by atoms with Crippen LogP contribution in [0.25, 0.3) is 0 Å². The van der Waals surface area contributed by atoms with Crippen LogP contribution in [0.3, 0.4) is 0 Å². The second kappa shape index (κ2) is 4.29. The molecule has 0 saturated carbocycles. The van der Waals surface area contributed by atoms with E-state index in [1.54, 1.807) is 22.7 Å². The highest BCUT2D eigenvalue weighted by Gasteiger charge is 2.14. The van der Waals surface area contributed by atoms with Crippen LogP contribution in [0.15, 0.2) is 22.9 Å². The van der Waals surface area contributed by atoms with Gasteiger partial charge in [0.2, 0.25) is 5.78 Å². The van der Waals surface area contributed by atoms with Crippen LogP contribution in [-0.4, -0.2) is 5.78 Å². The van der Waals surface area contributed by atoms with Crippen molar-refractivity contribution in [2.75, 3.05) is 0 Å². The third kappa shape index (κ3) is 2.03. The van der Waals surface area contributed by atoms with Crippen molar-refractivity contribution in [2.24, 2.45) is 0 Å². The lowest BCUT2D eigenvalue weighted by Gasteiger charge is -1.95. The number of carbonyl (C=O) groups excluding carboxylic acids is 1. The summed E-state index contributed by atoms with van der Waals surface area (Å²) < 4.78 is 0. The zero-order valence-electron chi connectivity index (χ0n) is 8.74. The van der Waals surface area contributed by atoms with Crippen LogP contribution in [0, 0.1) is 6.92 Å². The molecule has 0 amide bonds. The van der Waals surface area contributed by atoms with Gasteiger partial charge in [-0.2, -0.15) is 11.3 Å². The topological polar surface area (TPSA) is 17.1 Å². The fraction of sp³-hybridized carbons (Fsp3) is 0.250. The predicted octanol–water partition coefficient (Wildman–Crippen LogP) is 3.91. The van der Waals surface area contributed by atoms with E-state index in [4.69, 9.17) is 0 Å². The lowest BCUT2D eigenvalue weighted by Crippen LogP contribution is -1.97. The molecular weight excluding hydrogens is 224 g/mol. The van der Waals surface area contributed by atoms with Crippen molar-refractivity contribution in [1.82, 2.24) is 0 Å². The molecule has 2 aromatic heterocycles. The molecular formula is C12H12OS2. The molecule has 15 heavy (non-hydrogen) atoms. The van der Waals surface area contributed by atoms with E-state index in [-0.39, 0.29) is 5.78 Å². The van der Waals surface area contributed by atoms with Crippen LogP contribution >= 0.6 is 22.7 Å². The Balaban J connectivity index is 2.32. The van der Waals surface area contributed by atoms with Crippen molar-refractivity contribution in [3.63, 3.8) is 0 Å². The molecule has 3 heteroatoms. The summed E-state index contributed by atoms with van der Waals surface area (Å²) >= 11 is 3.19. The lowest BCUT2D eigenvalue weighted by atomic mass is 10.1. The van der Waals surface area contributed by atoms with Gasteiger partial charge in [-0.1, -0.05) is 6.92 Å². The largest absolute Gasteiger partial charge is 0.288 e. The van der Waals surface area contributed by atoms with E-state index in [1.807, 2.05) is 29.8 Å². The minimum absolute atomic E-state index is 0.165. The van der Waals surface area contributed by atoms with Gasteiger partial charge in [0, 0.05) is 15.8 Å². The number of rotatable bonds is 3. The Hall–Kier alpha value is -0.930. The van der Waals surface area contributed by atoms with E-state index in [0.29, 0.717) is 0 Å². The minimum Gasteiger partial charge on any atom is -0.288 e. The number of aryl methyl sites for hydroxylation is 2. The summed E-state index contributed by atoms with van der Waals surface area (Å²) in [6.07, 6.45) is 1.00. The molecule has 0 aliphatic carbocycles. The molecule has 0 aromatic carbocycles. The Morgan fingerprint density at radius 1 is 1.33 bits per heavy atom. The van der Waals surface area contributed by atoms with E-state index in [9.17, 15) is 4.79 Å². The fourth-order valence-electron chi connectivity index (χ4n) is 1.42. The molecule has 2 rings (SSSR count). The molecule has 78 valence electrons. The second-order valence-electron chi connectivity index (χ2n) is 3.42. The predicted molar refractivity (Wildman–Crippen MR) is 66.2 cm³/mol. The van der Waals surface area contributed by atoms with Gasteiger partial charge in [-0.05, 0) is 36.4 Å². The lowest BCUT2D eigenvalue weighted by molar-refractivity contribution is 0.104. The zero-order valence-corrected chi connectivity index (χ0v) is 10.4. The van der Waals surface area contributed by atoms with Crippen molar-refractivity contribution in [3.8, 4) is 0 Å². The van der Waals surface area contributed by atoms with Crippen LogP contribution in [0.1, 0.15) is 32.6 Å². The first-order chi connectivity index (χ1) is 7.22. The minimum atomic E-state index is 0.165. The van der Waals surface area contributed by atoms with Gasteiger partial charge in [-0.3, -0.25) is 4.79 Å². The average Bonchev–Trinajstić information content (AvgIpc) is 2.84. The van der Waals surface area contributed by atoms with Crippen LogP contribution in [0.2, 0.25) is 0 Å². The van der Waals surface area contributed by atoms with Crippen molar-refractivity contribution in [1.29, 1.82) is 0 Å². The van der Waals surface area contributed by atoms with Gasteiger partial charge < -0.3 is 0 Å². The normalized spacial score (nSPS) is 10.5. The molecule has 1 nitrogen and oxygen atoms in total. The van der Waals surface area contributed by atoms with Crippen molar-refractivity contribution in [2.45, 2.75) is 20.3 Å². The molecule has 0 bridgehead atoms. The van der Waals surface area contributed by atoms with Crippen molar-refractivity contribution >= 4 is 28.5 Å². The maximum Gasteiger partial charge on any atom is 0.204 e. The summed E-state index contributed by atoms with van der Waals surface area (Å²) in [5.74, 6) is 0.165. The first kappa shape index (κ1) is 10.6. The Morgan fingerprint density at radius 3 is 2.67 bits per heavy atom. The fourth-order valence-corrected chi connectivity index (χ4v) is 3.15. The highest BCUT2D eigenvalue weighted by Crippen LogP contribution is 2.23. The zero-order chi connectivity index (χ0) is 10.8. The first-order valence-corrected chi connectivity index (χ1v) is 6.64. The number of hydrogen-bond donors (Lipinski definition) is 0. The molecule has 0 radical (unpaired) electrons. The van der Waals surface area contributed by atoms with E-state index < -0.39 is 0 Å². The van der Waals surface area contributed by atoms with Gasteiger partial charge >= 0.3 is 0 Å². The van der Waals surface area contributed by atoms with E-state index >= 15 is 0 Å². The van der Waals surface area contributed by atoms with Crippen LogP contribution in [0.4, 0.5) is 0 Å². The molecule has 0 spiro atoms. The summed E-state index contributed by atoms with van der Waals surface area (Å²) in [5.41, 5.74) is 1.93. The number of ketones is 1. The van der Waals surface area contributed by atoms with E-state index in [1.165, 1.54) is 4.88 Å². The molecule has 2 aromatic rings. The van der Waals surface area contributed by atoms with Crippen LogP contribution in [0.5, 0.6) is 0 Å². The Labute approximate surface area is 97.4 Å². The van der Waals surface area contributed by atoms with Gasteiger partial charge in [0.15, 0.2) is 0 Å². The summed E-state index contributed by atoms with van der Waals surface area (Å²) in [6.45, 7) is 4.09. The Bertz CT molecular complexity index is 479. The van der Waals surface area contributed by atoms with Crippen LogP contribution in [-0.2, 0) is 6.42 Å². The van der Waals surface area contributed by atoms with E-state index in [0.717, 1.165) is 22.4 Å². The van der Waals surface area contributed by atoms with Gasteiger partial charge in [0.1, 0.15) is 0 Å².